The topological polar surface area (TPSA) is 119 Å². The van der Waals surface area contributed by atoms with Gasteiger partial charge in [0, 0.05) is 6.42 Å². The third-order valence-corrected chi connectivity index (χ3v) is 6.10. The highest BCUT2D eigenvalue weighted by Gasteiger charge is 2.33. The van der Waals surface area contributed by atoms with E-state index >= 15 is 4.39 Å². The first-order valence-electron chi connectivity index (χ1n) is 10.4. The highest BCUT2D eigenvalue weighted by Crippen LogP contribution is 2.39. The number of hydrogen-bond donors (Lipinski definition) is 2. The number of fused-ring (bicyclic) bond motifs is 1. The number of anilines is 2. The van der Waals surface area contributed by atoms with Gasteiger partial charge in [-0.2, -0.15) is 0 Å². The van der Waals surface area contributed by atoms with Crippen LogP contribution < -0.4 is 15.4 Å². The molecule has 164 valence electrons. The molecule has 3 N–H and O–H groups in total. The average molecular weight is 428 g/mol. The van der Waals surface area contributed by atoms with E-state index in [1.807, 2.05) is 6.07 Å². The monoisotopic (exact) mass is 428 g/mol. The number of halogens is 1. The van der Waals surface area contributed by atoms with Crippen LogP contribution in [0, 0.1) is 11.7 Å². The summed E-state index contributed by atoms with van der Waals surface area (Å²) < 4.78 is 20.9. The Morgan fingerprint density at radius 1 is 1.29 bits per heavy atom. The lowest BCUT2D eigenvalue weighted by Crippen LogP contribution is -2.36. The van der Waals surface area contributed by atoms with E-state index < -0.39 is 23.8 Å². The summed E-state index contributed by atoms with van der Waals surface area (Å²) in [6.45, 7) is 1.92. The van der Waals surface area contributed by atoms with Crippen molar-refractivity contribution in [3.05, 3.63) is 41.5 Å². The Bertz CT molecular complexity index is 1010. The van der Waals surface area contributed by atoms with Crippen LogP contribution >= 0.6 is 0 Å². The van der Waals surface area contributed by atoms with Crippen molar-refractivity contribution < 1.29 is 23.8 Å². The number of amides is 1. The molecular formula is C22H25FN4O4. The van der Waals surface area contributed by atoms with Gasteiger partial charge in [0.2, 0.25) is 5.88 Å². The van der Waals surface area contributed by atoms with Gasteiger partial charge in [-0.15, -0.1) is 0 Å². The van der Waals surface area contributed by atoms with Crippen LogP contribution in [0.5, 0.6) is 5.88 Å². The number of aliphatic carboxylic acids is 1. The molecule has 4 rings (SSSR count). The summed E-state index contributed by atoms with van der Waals surface area (Å²) in [5.74, 6) is -1.32. The number of ether oxygens (including phenoxy) is 1. The summed E-state index contributed by atoms with van der Waals surface area (Å²) in [7, 11) is 0. The molecule has 1 aromatic carbocycles. The van der Waals surface area contributed by atoms with E-state index in [9.17, 15) is 9.59 Å². The third kappa shape index (κ3) is 4.30. The second kappa shape index (κ2) is 8.49. The van der Waals surface area contributed by atoms with Crippen LogP contribution in [0.3, 0.4) is 0 Å². The Labute approximate surface area is 179 Å². The zero-order chi connectivity index (χ0) is 22.1. The summed E-state index contributed by atoms with van der Waals surface area (Å²) in [5.41, 5.74) is 6.93. The fourth-order valence-corrected chi connectivity index (χ4v) is 4.53. The first-order chi connectivity index (χ1) is 14.8. The van der Waals surface area contributed by atoms with Crippen LogP contribution in [-0.4, -0.2) is 39.6 Å². The smallest absolute Gasteiger partial charge is 0.303 e. The zero-order valence-electron chi connectivity index (χ0n) is 17.3. The van der Waals surface area contributed by atoms with E-state index in [1.54, 1.807) is 13.0 Å². The van der Waals surface area contributed by atoms with E-state index in [2.05, 4.69) is 9.97 Å². The zero-order valence-corrected chi connectivity index (χ0v) is 17.3. The minimum absolute atomic E-state index is 0.00995. The van der Waals surface area contributed by atoms with Crippen LogP contribution in [0.15, 0.2) is 24.5 Å². The Morgan fingerprint density at radius 2 is 2.03 bits per heavy atom. The average Bonchev–Trinajstić information content (AvgIpc) is 2.84. The predicted octanol–water partition coefficient (Wildman–Crippen LogP) is 3.37. The molecule has 9 heteroatoms. The van der Waals surface area contributed by atoms with Crippen LogP contribution in [0.25, 0.3) is 0 Å². The molecule has 1 aliphatic carbocycles. The third-order valence-electron chi connectivity index (χ3n) is 6.10. The molecule has 31 heavy (non-hydrogen) atoms. The lowest BCUT2D eigenvalue weighted by molar-refractivity contribution is -0.138. The van der Waals surface area contributed by atoms with Gasteiger partial charge in [0.1, 0.15) is 29.6 Å². The number of nitrogen functional groups attached to an aromatic ring is 1. The summed E-state index contributed by atoms with van der Waals surface area (Å²) in [6.07, 6.45) is 4.28. The minimum Gasteiger partial charge on any atom is -0.481 e. The van der Waals surface area contributed by atoms with Crippen molar-refractivity contribution in [2.75, 3.05) is 17.2 Å². The molecule has 1 aromatic heterocycles. The summed E-state index contributed by atoms with van der Waals surface area (Å²) in [5, 5.41) is 8.97. The molecule has 2 heterocycles. The standard InChI is InChI=1S/C22H25FN4O4/c1-12-10-27(22(30)19-20(24)25-11-26-21(19)31-12)17-7-6-15(9-16(17)23)14-4-2-13(3-5-14)8-18(28)29/h6-7,9,11-14H,2-5,8,10H2,1H3,(H,28,29)(H2,24,25,26)/t12-,13?,14?/m1/s1. The number of carboxylic acids is 1. The highest BCUT2D eigenvalue weighted by molar-refractivity contribution is 6.10. The van der Waals surface area contributed by atoms with Gasteiger partial charge in [-0.25, -0.2) is 14.4 Å². The summed E-state index contributed by atoms with van der Waals surface area (Å²) in [4.78, 5) is 33.2. The molecule has 0 radical (unpaired) electrons. The van der Waals surface area contributed by atoms with Crippen LogP contribution in [0.1, 0.15) is 60.9 Å². The molecule has 0 bridgehead atoms. The van der Waals surface area contributed by atoms with Gasteiger partial charge in [-0.3, -0.25) is 9.59 Å². The molecular weight excluding hydrogens is 403 g/mol. The number of nitrogens with zero attached hydrogens (tertiary/aromatic N) is 3. The number of carbonyl (C=O) groups excluding carboxylic acids is 1. The van der Waals surface area contributed by atoms with Crippen molar-refractivity contribution in [1.82, 2.24) is 9.97 Å². The Balaban J connectivity index is 1.56. The van der Waals surface area contributed by atoms with Gasteiger partial charge < -0.3 is 20.5 Å². The number of carbonyl (C=O) groups is 2. The van der Waals surface area contributed by atoms with E-state index in [1.165, 1.54) is 17.3 Å². The number of rotatable bonds is 4. The number of benzene rings is 1. The van der Waals surface area contributed by atoms with Gasteiger partial charge in [0.25, 0.3) is 5.91 Å². The maximum absolute atomic E-state index is 15.2. The van der Waals surface area contributed by atoms with Gasteiger partial charge in [0.05, 0.1) is 12.2 Å². The number of aromatic nitrogens is 2. The van der Waals surface area contributed by atoms with Crippen molar-refractivity contribution in [3.63, 3.8) is 0 Å². The molecule has 1 atom stereocenters. The second-order valence-electron chi connectivity index (χ2n) is 8.31. The maximum Gasteiger partial charge on any atom is 0.303 e. The van der Waals surface area contributed by atoms with E-state index in [0.717, 1.165) is 31.2 Å². The van der Waals surface area contributed by atoms with Crippen molar-refractivity contribution in [2.24, 2.45) is 5.92 Å². The number of hydrogen-bond acceptors (Lipinski definition) is 6. The first-order valence-corrected chi connectivity index (χ1v) is 10.4. The minimum atomic E-state index is -0.771. The highest BCUT2D eigenvalue weighted by atomic mass is 19.1. The lowest BCUT2D eigenvalue weighted by atomic mass is 9.77. The molecule has 1 amide bonds. The molecule has 1 aliphatic heterocycles. The predicted molar refractivity (Wildman–Crippen MR) is 112 cm³/mol. The Kier molecular flexibility index (Phi) is 5.75. The SMILES string of the molecule is C[C@@H]1CN(c2ccc(C3CCC(CC(=O)O)CC3)cc2F)C(=O)c2c(N)ncnc2O1. The molecule has 1 saturated carbocycles. The van der Waals surface area contributed by atoms with Crippen LogP contribution in [-0.2, 0) is 4.79 Å². The molecule has 0 spiro atoms. The fraction of sp³-hybridized carbons (Fsp3) is 0.455. The molecule has 2 aliphatic rings. The first kappa shape index (κ1) is 21.0. The van der Waals surface area contributed by atoms with E-state index in [-0.39, 0.29) is 47.8 Å². The lowest BCUT2D eigenvalue weighted by Gasteiger charge is -2.29. The molecule has 0 unspecified atom stereocenters. The van der Waals surface area contributed by atoms with Crippen molar-refractivity contribution in [2.45, 2.75) is 51.0 Å². The van der Waals surface area contributed by atoms with Crippen molar-refractivity contribution >= 4 is 23.4 Å². The van der Waals surface area contributed by atoms with Crippen molar-refractivity contribution in [3.8, 4) is 5.88 Å². The number of nitrogens with two attached hydrogens (primary N) is 1. The van der Waals surface area contributed by atoms with Crippen LogP contribution in [0.2, 0.25) is 0 Å². The fourth-order valence-electron chi connectivity index (χ4n) is 4.53. The molecule has 2 aromatic rings. The van der Waals surface area contributed by atoms with Gasteiger partial charge >= 0.3 is 5.97 Å². The number of carboxylic acid groups (broad SMARTS) is 1. The largest absolute Gasteiger partial charge is 0.481 e. The normalized spacial score (nSPS) is 23.6. The Morgan fingerprint density at radius 3 is 2.71 bits per heavy atom. The second-order valence-corrected chi connectivity index (χ2v) is 8.31. The summed E-state index contributed by atoms with van der Waals surface area (Å²) >= 11 is 0. The maximum atomic E-state index is 15.2. The summed E-state index contributed by atoms with van der Waals surface area (Å²) in [6, 6.07) is 4.94. The van der Waals surface area contributed by atoms with Gasteiger partial charge in [-0.05, 0) is 62.1 Å². The van der Waals surface area contributed by atoms with E-state index in [4.69, 9.17) is 15.6 Å². The Hall–Kier alpha value is -3.23. The van der Waals surface area contributed by atoms with Crippen LogP contribution in [0.4, 0.5) is 15.9 Å². The van der Waals surface area contributed by atoms with Gasteiger partial charge in [-0.1, -0.05) is 6.07 Å². The quantitative estimate of drug-likeness (QED) is 0.766. The molecule has 8 nitrogen and oxygen atoms in total. The van der Waals surface area contributed by atoms with Crippen molar-refractivity contribution in [1.29, 1.82) is 0 Å². The molecule has 1 fully saturated rings. The van der Waals surface area contributed by atoms with Gasteiger partial charge in [0.15, 0.2) is 0 Å². The van der Waals surface area contributed by atoms with E-state index in [0.29, 0.717) is 0 Å². The molecule has 0 saturated heterocycles.